The second kappa shape index (κ2) is 12.3. The van der Waals surface area contributed by atoms with Crippen molar-refractivity contribution in [3.8, 4) is 17.2 Å². The van der Waals surface area contributed by atoms with Crippen LogP contribution >= 0.6 is 0 Å². The van der Waals surface area contributed by atoms with Gasteiger partial charge in [-0.1, -0.05) is 24.3 Å². The first kappa shape index (κ1) is 24.7. The van der Waals surface area contributed by atoms with Gasteiger partial charge in [-0.3, -0.25) is 9.69 Å². The van der Waals surface area contributed by atoms with E-state index in [-0.39, 0.29) is 11.9 Å². The van der Waals surface area contributed by atoms with Crippen LogP contribution in [0.4, 0.5) is 16.2 Å². The number of anilines is 2. The first-order valence-electron chi connectivity index (χ1n) is 11.8. The molecule has 0 aromatic heterocycles. The summed E-state index contributed by atoms with van der Waals surface area (Å²) in [5, 5.41) is 5.59. The van der Waals surface area contributed by atoms with Crippen molar-refractivity contribution in [1.82, 2.24) is 5.32 Å². The highest BCUT2D eigenvalue weighted by Gasteiger charge is 2.20. The van der Waals surface area contributed by atoms with Crippen molar-refractivity contribution in [3.05, 3.63) is 84.4 Å². The van der Waals surface area contributed by atoms with Gasteiger partial charge in [0.25, 0.3) is 0 Å². The molecule has 0 spiro atoms. The van der Waals surface area contributed by atoms with Crippen LogP contribution in [0.25, 0.3) is 6.08 Å². The van der Waals surface area contributed by atoms with Gasteiger partial charge < -0.3 is 24.8 Å². The zero-order valence-corrected chi connectivity index (χ0v) is 20.1. The molecule has 3 amide bonds. The summed E-state index contributed by atoms with van der Waals surface area (Å²) in [6.07, 6.45) is 3.17. The standard InChI is InChI=1S/C28H29N3O5/c1-2-34-26-20-21(8-14-25(26)36-19-18-35-24-6-4-3-5-7-24)9-15-27(32)30-22-10-12-23(13-11-22)31-17-16-29-28(31)33/h3-15,20H,2,16-19H2,1H3,(H,29,33)(H,30,32)/b15-9+. The quantitative estimate of drug-likeness (QED) is 0.302. The largest absolute Gasteiger partial charge is 0.490 e. The van der Waals surface area contributed by atoms with Crippen LogP contribution in [0.15, 0.2) is 78.9 Å². The number of benzene rings is 3. The van der Waals surface area contributed by atoms with Crippen LogP contribution < -0.4 is 29.7 Å². The van der Waals surface area contributed by atoms with Gasteiger partial charge in [0.15, 0.2) is 11.5 Å². The maximum absolute atomic E-state index is 12.4. The third-order valence-electron chi connectivity index (χ3n) is 5.35. The smallest absolute Gasteiger partial charge is 0.321 e. The Balaban J connectivity index is 1.30. The predicted octanol–water partition coefficient (Wildman–Crippen LogP) is 4.72. The molecule has 1 saturated heterocycles. The Kier molecular flexibility index (Phi) is 8.43. The summed E-state index contributed by atoms with van der Waals surface area (Å²) in [5.74, 6) is 1.74. The first-order chi connectivity index (χ1) is 17.6. The second-order valence-electron chi connectivity index (χ2n) is 7.90. The van der Waals surface area contributed by atoms with E-state index in [2.05, 4.69) is 10.6 Å². The van der Waals surface area contributed by atoms with Crippen molar-refractivity contribution in [2.75, 3.05) is 43.1 Å². The van der Waals surface area contributed by atoms with Gasteiger partial charge in [-0.25, -0.2) is 4.79 Å². The number of para-hydroxylation sites is 1. The van der Waals surface area contributed by atoms with E-state index in [1.54, 1.807) is 23.1 Å². The molecule has 3 aromatic carbocycles. The highest BCUT2D eigenvalue weighted by molar-refractivity contribution is 6.02. The summed E-state index contributed by atoms with van der Waals surface area (Å²) < 4.78 is 17.2. The lowest BCUT2D eigenvalue weighted by molar-refractivity contribution is -0.111. The molecular formula is C28H29N3O5. The molecule has 0 radical (unpaired) electrons. The third kappa shape index (κ3) is 6.79. The van der Waals surface area contributed by atoms with Crippen molar-refractivity contribution >= 4 is 29.4 Å². The lowest BCUT2D eigenvalue weighted by atomic mass is 10.2. The minimum absolute atomic E-state index is 0.113. The van der Waals surface area contributed by atoms with Gasteiger partial charge in [-0.2, -0.15) is 0 Å². The lowest BCUT2D eigenvalue weighted by Gasteiger charge is -2.14. The highest BCUT2D eigenvalue weighted by Crippen LogP contribution is 2.29. The Bertz CT molecular complexity index is 1200. The Morgan fingerprint density at radius 3 is 2.47 bits per heavy atom. The molecule has 1 fully saturated rings. The molecule has 1 heterocycles. The van der Waals surface area contributed by atoms with Crippen LogP contribution in [-0.4, -0.2) is 44.8 Å². The van der Waals surface area contributed by atoms with Gasteiger partial charge in [-0.15, -0.1) is 0 Å². The fourth-order valence-electron chi connectivity index (χ4n) is 3.64. The molecule has 36 heavy (non-hydrogen) atoms. The van der Waals surface area contributed by atoms with E-state index >= 15 is 0 Å². The molecule has 0 saturated carbocycles. The van der Waals surface area contributed by atoms with E-state index in [4.69, 9.17) is 14.2 Å². The van der Waals surface area contributed by atoms with E-state index in [1.165, 1.54) is 6.08 Å². The minimum Gasteiger partial charge on any atom is -0.490 e. The van der Waals surface area contributed by atoms with Gasteiger partial charge in [0.1, 0.15) is 19.0 Å². The zero-order chi connectivity index (χ0) is 25.2. The second-order valence-corrected chi connectivity index (χ2v) is 7.90. The van der Waals surface area contributed by atoms with Crippen LogP contribution in [-0.2, 0) is 4.79 Å². The number of carbonyl (C=O) groups excluding carboxylic acids is 2. The number of carbonyl (C=O) groups is 2. The van der Waals surface area contributed by atoms with Crippen molar-refractivity contribution in [3.63, 3.8) is 0 Å². The Labute approximate surface area is 210 Å². The van der Waals surface area contributed by atoms with Crippen LogP contribution in [0, 0.1) is 0 Å². The van der Waals surface area contributed by atoms with E-state index in [9.17, 15) is 9.59 Å². The number of hydrogen-bond acceptors (Lipinski definition) is 5. The number of nitrogens with one attached hydrogen (secondary N) is 2. The van der Waals surface area contributed by atoms with Crippen molar-refractivity contribution in [2.24, 2.45) is 0 Å². The lowest BCUT2D eigenvalue weighted by Crippen LogP contribution is -2.27. The van der Waals surface area contributed by atoms with Gasteiger partial charge in [0.05, 0.1) is 6.61 Å². The average molecular weight is 488 g/mol. The summed E-state index contributed by atoms with van der Waals surface area (Å²) >= 11 is 0. The summed E-state index contributed by atoms with van der Waals surface area (Å²) in [4.78, 5) is 25.8. The van der Waals surface area contributed by atoms with E-state index < -0.39 is 0 Å². The highest BCUT2D eigenvalue weighted by atomic mass is 16.5. The molecule has 2 N–H and O–H groups in total. The minimum atomic E-state index is -0.266. The van der Waals surface area contributed by atoms with Crippen LogP contribution in [0.1, 0.15) is 12.5 Å². The van der Waals surface area contributed by atoms with Crippen LogP contribution in [0.5, 0.6) is 17.2 Å². The zero-order valence-electron chi connectivity index (χ0n) is 20.1. The van der Waals surface area contributed by atoms with E-state index in [0.717, 1.165) is 17.0 Å². The van der Waals surface area contributed by atoms with Gasteiger partial charge in [0.2, 0.25) is 5.91 Å². The van der Waals surface area contributed by atoms with Crippen molar-refractivity contribution in [1.29, 1.82) is 0 Å². The number of nitrogens with zero attached hydrogens (tertiary/aromatic N) is 1. The first-order valence-corrected chi connectivity index (χ1v) is 11.8. The molecule has 1 aliphatic heterocycles. The maximum atomic E-state index is 12.4. The Hall–Kier alpha value is -4.46. The van der Waals surface area contributed by atoms with Gasteiger partial charge in [-0.05, 0) is 67.1 Å². The van der Waals surface area contributed by atoms with Gasteiger partial charge >= 0.3 is 6.03 Å². The molecule has 0 bridgehead atoms. The molecule has 0 aliphatic carbocycles. The van der Waals surface area contributed by atoms with E-state index in [1.807, 2.05) is 67.6 Å². The number of urea groups is 1. The third-order valence-corrected chi connectivity index (χ3v) is 5.35. The number of rotatable bonds is 11. The molecule has 4 rings (SSSR count). The molecule has 186 valence electrons. The summed E-state index contributed by atoms with van der Waals surface area (Å²) in [6, 6.07) is 22.1. The van der Waals surface area contributed by atoms with E-state index in [0.29, 0.717) is 50.1 Å². The molecule has 1 aliphatic rings. The molecule has 0 atom stereocenters. The fourth-order valence-corrected chi connectivity index (χ4v) is 3.64. The number of hydrogen-bond donors (Lipinski definition) is 2. The number of ether oxygens (including phenoxy) is 3. The molecule has 8 nitrogen and oxygen atoms in total. The molecule has 3 aromatic rings. The number of amides is 3. The monoisotopic (exact) mass is 487 g/mol. The molecular weight excluding hydrogens is 458 g/mol. The average Bonchev–Trinajstić information content (AvgIpc) is 3.33. The van der Waals surface area contributed by atoms with Crippen LogP contribution in [0.3, 0.4) is 0 Å². The summed E-state index contributed by atoms with van der Waals surface area (Å²) in [5.41, 5.74) is 2.23. The van der Waals surface area contributed by atoms with Crippen molar-refractivity contribution < 1.29 is 23.8 Å². The summed E-state index contributed by atoms with van der Waals surface area (Å²) in [6.45, 7) is 4.42. The summed E-state index contributed by atoms with van der Waals surface area (Å²) in [7, 11) is 0. The molecule has 0 unspecified atom stereocenters. The fraction of sp³-hybridized carbons (Fsp3) is 0.214. The SMILES string of the molecule is CCOc1cc(/C=C/C(=O)Nc2ccc(N3CCNC3=O)cc2)ccc1OCCOc1ccccc1. The molecule has 8 heteroatoms. The van der Waals surface area contributed by atoms with Crippen molar-refractivity contribution in [2.45, 2.75) is 6.92 Å². The van der Waals surface area contributed by atoms with Gasteiger partial charge in [0, 0.05) is 30.5 Å². The maximum Gasteiger partial charge on any atom is 0.321 e. The normalized spacial score (nSPS) is 12.9. The predicted molar refractivity (Wildman–Crippen MR) is 140 cm³/mol. The Morgan fingerprint density at radius 2 is 1.75 bits per heavy atom. The van der Waals surface area contributed by atoms with Crippen LogP contribution in [0.2, 0.25) is 0 Å². The topological polar surface area (TPSA) is 89.1 Å². The Morgan fingerprint density at radius 1 is 0.972 bits per heavy atom.